The summed E-state index contributed by atoms with van der Waals surface area (Å²) < 4.78 is 10.3. The molecule has 0 saturated heterocycles. The zero-order chi connectivity index (χ0) is 15.6. The molecule has 0 spiro atoms. The Kier molecular flexibility index (Phi) is 4.83. The van der Waals surface area contributed by atoms with Crippen LogP contribution in [0.4, 0.5) is 0 Å². The second-order valence-corrected chi connectivity index (χ2v) is 5.80. The summed E-state index contributed by atoms with van der Waals surface area (Å²) in [6.07, 6.45) is 1.60. The van der Waals surface area contributed by atoms with E-state index in [9.17, 15) is 9.90 Å². The van der Waals surface area contributed by atoms with E-state index in [-0.39, 0.29) is 5.76 Å². The third-order valence-electron chi connectivity index (χ3n) is 2.91. The maximum atomic E-state index is 11.5. The van der Waals surface area contributed by atoms with Crippen molar-refractivity contribution in [2.45, 2.75) is 4.93 Å². The molecule has 112 valence electrons. The Morgan fingerprint density at radius 1 is 1.43 bits per heavy atom. The van der Waals surface area contributed by atoms with Gasteiger partial charge in [-0.1, -0.05) is 34.4 Å². The van der Waals surface area contributed by atoms with Crippen LogP contribution in [0.1, 0.15) is 5.76 Å². The number of aromatic nitrogens is 1. The Balaban J connectivity index is 2.54. The first kappa shape index (κ1) is 16.2. The van der Waals surface area contributed by atoms with Crippen molar-refractivity contribution < 1.29 is 19.2 Å². The normalized spacial score (nSPS) is 13.9. The van der Waals surface area contributed by atoms with E-state index in [1.54, 1.807) is 24.5 Å². The van der Waals surface area contributed by atoms with Gasteiger partial charge in [-0.3, -0.25) is 0 Å². The van der Waals surface area contributed by atoms with Gasteiger partial charge >= 0.3 is 5.97 Å². The number of hydrogen-bond donors (Lipinski definition) is 1. The predicted octanol–water partition coefficient (Wildman–Crippen LogP) is 3.90. The Bertz CT molecular complexity index is 650. The van der Waals surface area contributed by atoms with Gasteiger partial charge in [-0.2, -0.15) is 0 Å². The Morgan fingerprint density at radius 2 is 2.05 bits per heavy atom. The zero-order valence-corrected chi connectivity index (χ0v) is 13.4. The molecule has 2 aromatic rings. The van der Waals surface area contributed by atoms with Gasteiger partial charge < -0.3 is 14.4 Å². The number of thioether (sulfide) groups is 1. The van der Waals surface area contributed by atoms with Crippen molar-refractivity contribution in [2.24, 2.45) is 0 Å². The second kappa shape index (κ2) is 6.27. The topological polar surface area (TPSA) is 72.6 Å². The number of rotatable bonds is 5. The van der Waals surface area contributed by atoms with Gasteiger partial charge in [0.15, 0.2) is 5.76 Å². The lowest BCUT2D eigenvalue weighted by atomic mass is 10.1. The van der Waals surface area contributed by atoms with Gasteiger partial charge in [0.1, 0.15) is 5.69 Å². The third kappa shape index (κ3) is 2.76. The molecule has 1 aromatic heterocycles. The first-order valence-corrected chi connectivity index (χ1v) is 7.69. The largest absolute Gasteiger partial charge is 0.478 e. The Hall–Kier alpha value is -1.21. The van der Waals surface area contributed by atoms with Crippen molar-refractivity contribution in [3.05, 3.63) is 40.1 Å². The van der Waals surface area contributed by atoms with E-state index in [0.717, 1.165) is 11.8 Å². The molecule has 0 saturated carbocycles. The molecule has 0 aliphatic heterocycles. The van der Waals surface area contributed by atoms with Gasteiger partial charge in [-0.05, 0) is 18.4 Å². The van der Waals surface area contributed by atoms with Crippen molar-refractivity contribution in [3.8, 4) is 11.3 Å². The summed E-state index contributed by atoms with van der Waals surface area (Å²) in [7, 11) is 1.29. The van der Waals surface area contributed by atoms with Crippen LogP contribution in [0.3, 0.4) is 0 Å². The van der Waals surface area contributed by atoms with Crippen LogP contribution < -0.4 is 0 Å². The number of methoxy groups -OCH3 is 1. The monoisotopic (exact) mass is 347 g/mol. The van der Waals surface area contributed by atoms with Crippen LogP contribution in [-0.4, -0.2) is 29.6 Å². The van der Waals surface area contributed by atoms with Crippen molar-refractivity contribution >= 4 is 40.9 Å². The minimum absolute atomic E-state index is 0.0518. The predicted molar refractivity (Wildman–Crippen MR) is 81.8 cm³/mol. The number of benzene rings is 1. The summed E-state index contributed by atoms with van der Waals surface area (Å²) in [6, 6.07) is 6.48. The highest BCUT2D eigenvalue weighted by molar-refractivity contribution is 8.00. The summed E-state index contributed by atoms with van der Waals surface area (Å²) in [4.78, 5) is 9.81. The van der Waals surface area contributed by atoms with Crippen molar-refractivity contribution in [1.82, 2.24) is 5.16 Å². The Labute approximate surface area is 135 Å². The molecule has 1 unspecified atom stereocenters. The number of aliphatic carboxylic acids is 1. The molecule has 0 bridgehead atoms. The number of carbonyl (C=O) groups is 1. The average Bonchev–Trinajstić information content (AvgIpc) is 2.90. The van der Waals surface area contributed by atoms with E-state index >= 15 is 0 Å². The van der Waals surface area contributed by atoms with Crippen LogP contribution >= 0.6 is 35.0 Å². The highest BCUT2D eigenvalue weighted by Crippen LogP contribution is 2.40. The van der Waals surface area contributed by atoms with E-state index in [2.05, 4.69) is 5.16 Å². The fourth-order valence-electron chi connectivity index (χ4n) is 1.86. The fraction of sp³-hybridized carbons (Fsp3) is 0.231. The minimum atomic E-state index is -1.67. The summed E-state index contributed by atoms with van der Waals surface area (Å²) in [6.45, 7) is 0. The molecular formula is C13H11Cl2NO4S. The summed E-state index contributed by atoms with van der Waals surface area (Å²) in [5.41, 5.74) is 0.824. The molecule has 2 rings (SSSR count). The molecule has 0 amide bonds. The molecule has 1 aromatic carbocycles. The second-order valence-electron chi connectivity index (χ2n) is 4.00. The molecule has 0 aliphatic rings. The van der Waals surface area contributed by atoms with Crippen LogP contribution in [0.2, 0.25) is 10.0 Å². The van der Waals surface area contributed by atoms with Crippen LogP contribution in [0.25, 0.3) is 11.3 Å². The summed E-state index contributed by atoms with van der Waals surface area (Å²) >= 11 is 13.2. The van der Waals surface area contributed by atoms with Gasteiger partial charge in [0.05, 0.1) is 10.0 Å². The van der Waals surface area contributed by atoms with Crippen LogP contribution in [-0.2, 0) is 14.5 Å². The zero-order valence-electron chi connectivity index (χ0n) is 11.1. The SMILES string of the molecule is COC(SC)(C(=O)O)c1cc(-c2c(Cl)cccc2Cl)no1. The molecule has 1 heterocycles. The maximum Gasteiger partial charge on any atom is 0.355 e. The van der Waals surface area contributed by atoms with E-state index in [1.165, 1.54) is 13.2 Å². The quantitative estimate of drug-likeness (QED) is 0.827. The standard InChI is InChI=1S/C13H11Cl2NO4S/c1-19-13(21-2,12(17)18)10-6-9(16-20-10)11-7(14)4-3-5-8(11)15/h3-6H,1-2H3,(H,17,18). The highest BCUT2D eigenvalue weighted by Gasteiger charge is 2.44. The molecule has 8 heteroatoms. The molecule has 1 N–H and O–H groups in total. The molecule has 21 heavy (non-hydrogen) atoms. The first-order valence-electron chi connectivity index (χ1n) is 5.71. The van der Waals surface area contributed by atoms with E-state index in [0.29, 0.717) is 21.3 Å². The molecule has 1 atom stereocenters. The van der Waals surface area contributed by atoms with Crippen LogP contribution in [0, 0.1) is 0 Å². The molecule has 5 nitrogen and oxygen atoms in total. The van der Waals surface area contributed by atoms with Gasteiger partial charge in [0, 0.05) is 18.7 Å². The fourth-order valence-corrected chi connectivity index (χ4v) is 3.08. The summed E-state index contributed by atoms with van der Waals surface area (Å²) in [5.74, 6) is -1.14. The molecule has 0 radical (unpaired) electrons. The number of carboxylic acid groups (broad SMARTS) is 1. The lowest BCUT2D eigenvalue weighted by molar-refractivity contribution is -0.154. The molecule has 0 fully saturated rings. The van der Waals surface area contributed by atoms with E-state index < -0.39 is 10.9 Å². The molecular weight excluding hydrogens is 337 g/mol. The van der Waals surface area contributed by atoms with Crippen LogP contribution in [0.15, 0.2) is 28.8 Å². The van der Waals surface area contributed by atoms with Crippen molar-refractivity contribution in [1.29, 1.82) is 0 Å². The number of ether oxygens (including phenoxy) is 1. The van der Waals surface area contributed by atoms with E-state index in [4.69, 9.17) is 32.5 Å². The van der Waals surface area contributed by atoms with Crippen molar-refractivity contribution in [2.75, 3.05) is 13.4 Å². The number of carboxylic acids is 1. The molecule has 0 aliphatic carbocycles. The average molecular weight is 348 g/mol. The van der Waals surface area contributed by atoms with Gasteiger partial charge in [-0.15, -0.1) is 11.8 Å². The van der Waals surface area contributed by atoms with Gasteiger partial charge in [-0.25, -0.2) is 4.79 Å². The van der Waals surface area contributed by atoms with Crippen LogP contribution in [0.5, 0.6) is 0 Å². The lowest BCUT2D eigenvalue weighted by Gasteiger charge is -2.21. The number of nitrogens with zero attached hydrogens (tertiary/aromatic N) is 1. The van der Waals surface area contributed by atoms with Crippen molar-refractivity contribution in [3.63, 3.8) is 0 Å². The highest BCUT2D eigenvalue weighted by atomic mass is 35.5. The van der Waals surface area contributed by atoms with Gasteiger partial charge in [0.2, 0.25) is 0 Å². The number of halogens is 2. The maximum absolute atomic E-state index is 11.5. The summed E-state index contributed by atoms with van der Waals surface area (Å²) in [5, 5.41) is 14.0. The smallest absolute Gasteiger partial charge is 0.355 e. The lowest BCUT2D eigenvalue weighted by Crippen LogP contribution is -2.33. The minimum Gasteiger partial charge on any atom is -0.478 e. The third-order valence-corrected chi connectivity index (χ3v) is 4.66. The van der Waals surface area contributed by atoms with E-state index in [1.807, 2.05) is 0 Å². The van der Waals surface area contributed by atoms with Gasteiger partial charge in [0.25, 0.3) is 4.93 Å². The number of hydrogen-bond acceptors (Lipinski definition) is 5. The Morgan fingerprint density at radius 3 is 2.52 bits per heavy atom. The first-order chi connectivity index (χ1) is 9.96.